The minimum Gasteiger partial charge on any atom is -0.493 e. The van der Waals surface area contributed by atoms with E-state index < -0.39 is 5.97 Å². The molecule has 0 radical (unpaired) electrons. The zero-order chi connectivity index (χ0) is 12.0. The van der Waals surface area contributed by atoms with Crippen molar-refractivity contribution in [2.75, 3.05) is 20.3 Å². The summed E-state index contributed by atoms with van der Waals surface area (Å²) in [6, 6.07) is 4.82. The molecule has 0 aliphatic rings. The number of halogens is 2. The molecule has 0 amide bonds. The van der Waals surface area contributed by atoms with Crippen molar-refractivity contribution in [3.63, 3.8) is 0 Å². The van der Waals surface area contributed by atoms with E-state index in [0.29, 0.717) is 29.5 Å². The number of nitrogens with two attached hydrogens (primary N) is 1. The van der Waals surface area contributed by atoms with Crippen molar-refractivity contribution in [1.29, 1.82) is 0 Å². The van der Waals surface area contributed by atoms with E-state index in [1.54, 1.807) is 12.1 Å². The summed E-state index contributed by atoms with van der Waals surface area (Å²) >= 11 is 5.80. The summed E-state index contributed by atoms with van der Waals surface area (Å²) < 4.78 is 10.1. The molecule has 1 rings (SSSR count). The molecule has 0 aromatic heterocycles. The number of methoxy groups -OCH3 is 1. The van der Waals surface area contributed by atoms with Gasteiger partial charge < -0.3 is 15.2 Å². The van der Waals surface area contributed by atoms with Gasteiger partial charge in [-0.3, -0.25) is 0 Å². The molecule has 1 aromatic carbocycles. The highest BCUT2D eigenvalue weighted by molar-refractivity contribution is 6.31. The van der Waals surface area contributed by atoms with Crippen LogP contribution in [0.2, 0.25) is 5.02 Å². The Morgan fingerprint density at radius 1 is 1.47 bits per heavy atom. The van der Waals surface area contributed by atoms with Crippen LogP contribution in [-0.4, -0.2) is 26.2 Å². The van der Waals surface area contributed by atoms with Gasteiger partial charge in [0.25, 0.3) is 0 Å². The van der Waals surface area contributed by atoms with Crippen molar-refractivity contribution in [3.8, 4) is 5.75 Å². The lowest BCUT2D eigenvalue weighted by Gasteiger charge is -2.09. The first-order valence-corrected chi connectivity index (χ1v) is 5.27. The van der Waals surface area contributed by atoms with E-state index in [1.165, 1.54) is 13.2 Å². The summed E-state index contributed by atoms with van der Waals surface area (Å²) in [7, 11) is 1.31. The van der Waals surface area contributed by atoms with Gasteiger partial charge >= 0.3 is 5.97 Å². The van der Waals surface area contributed by atoms with Crippen LogP contribution in [-0.2, 0) is 4.74 Å². The fraction of sp³-hybridized carbons (Fsp3) is 0.364. The van der Waals surface area contributed by atoms with Gasteiger partial charge in [-0.1, -0.05) is 11.6 Å². The van der Waals surface area contributed by atoms with Crippen LogP contribution < -0.4 is 10.5 Å². The van der Waals surface area contributed by atoms with E-state index in [9.17, 15) is 4.79 Å². The van der Waals surface area contributed by atoms with E-state index in [2.05, 4.69) is 4.74 Å². The normalized spacial score (nSPS) is 9.35. The first-order valence-electron chi connectivity index (χ1n) is 4.89. The van der Waals surface area contributed by atoms with Crippen molar-refractivity contribution < 1.29 is 14.3 Å². The highest BCUT2D eigenvalue weighted by Gasteiger charge is 2.13. The molecule has 4 nitrogen and oxygen atoms in total. The molecular formula is C11H15Cl2NO3. The minimum absolute atomic E-state index is 0. The molecule has 0 aliphatic carbocycles. The summed E-state index contributed by atoms with van der Waals surface area (Å²) in [5.74, 6) is -0.00468. The molecule has 17 heavy (non-hydrogen) atoms. The van der Waals surface area contributed by atoms with Crippen LogP contribution in [0.25, 0.3) is 0 Å². The monoisotopic (exact) mass is 279 g/mol. The van der Waals surface area contributed by atoms with Gasteiger partial charge in [-0.05, 0) is 31.2 Å². The molecule has 0 unspecified atom stereocenters. The maximum Gasteiger partial charge on any atom is 0.341 e. The van der Waals surface area contributed by atoms with E-state index in [0.717, 1.165) is 6.42 Å². The van der Waals surface area contributed by atoms with Crippen LogP contribution in [0.15, 0.2) is 18.2 Å². The van der Waals surface area contributed by atoms with Gasteiger partial charge in [0.1, 0.15) is 11.3 Å². The Morgan fingerprint density at radius 2 is 2.18 bits per heavy atom. The van der Waals surface area contributed by atoms with Crippen LogP contribution >= 0.6 is 24.0 Å². The Labute approximate surface area is 111 Å². The Balaban J connectivity index is 0.00000256. The molecule has 1 aromatic rings. The second-order valence-electron chi connectivity index (χ2n) is 3.12. The number of carbonyl (C=O) groups is 1. The van der Waals surface area contributed by atoms with Gasteiger partial charge in [-0.2, -0.15) is 0 Å². The summed E-state index contributed by atoms with van der Waals surface area (Å²) in [5, 5.41) is 0.464. The van der Waals surface area contributed by atoms with E-state index in [1.807, 2.05) is 0 Å². The molecule has 0 aliphatic heterocycles. The second kappa shape index (κ2) is 8.17. The predicted octanol–water partition coefficient (Wildman–Crippen LogP) is 2.28. The molecule has 2 N–H and O–H groups in total. The van der Waals surface area contributed by atoms with Gasteiger partial charge in [0.15, 0.2) is 0 Å². The van der Waals surface area contributed by atoms with Crippen LogP contribution in [0, 0.1) is 0 Å². The molecular weight excluding hydrogens is 265 g/mol. The Bertz CT molecular complexity index is 372. The zero-order valence-corrected chi connectivity index (χ0v) is 11.0. The summed E-state index contributed by atoms with van der Waals surface area (Å²) in [6.45, 7) is 1.00. The maximum absolute atomic E-state index is 11.4. The number of esters is 1. The Hall–Kier alpha value is -0.970. The first-order chi connectivity index (χ1) is 7.69. The SMILES string of the molecule is COC(=O)c1cc(Cl)ccc1OCCCN.Cl. The van der Waals surface area contributed by atoms with Crippen LogP contribution in [0.4, 0.5) is 0 Å². The molecule has 0 saturated carbocycles. The van der Waals surface area contributed by atoms with Crippen LogP contribution in [0.1, 0.15) is 16.8 Å². The van der Waals surface area contributed by atoms with E-state index in [-0.39, 0.29) is 12.4 Å². The fourth-order valence-corrected chi connectivity index (χ4v) is 1.34. The van der Waals surface area contributed by atoms with Gasteiger partial charge in [0.2, 0.25) is 0 Å². The summed E-state index contributed by atoms with van der Waals surface area (Å²) in [5.41, 5.74) is 5.67. The third kappa shape index (κ3) is 4.81. The highest BCUT2D eigenvalue weighted by Crippen LogP contribution is 2.23. The number of benzene rings is 1. The average Bonchev–Trinajstić information content (AvgIpc) is 2.30. The lowest BCUT2D eigenvalue weighted by Crippen LogP contribution is -2.09. The number of carbonyl (C=O) groups excluding carboxylic acids is 1. The molecule has 6 heteroatoms. The van der Waals surface area contributed by atoms with E-state index >= 15 is 0 Å². The second-order valence-corrected chi connectivity index (χ2v) is 3.56. The number of hydrogen-bond acceptors (Lipinski definition) is 4. The standard InChI is InChI=1S/C11H14ClNO3.ClH/c1-15-11(14)9-7-8(12)3-4-10(9)16-6-2-5-13;/h3-4,7H,2,5-6,13H2,1H3;1H. The van der Waals surface area contributed by atoms with E-state index in [4.69, 9.17) is 22.1 Å². The van der Waals surface area contributed by atoms with Crippen molar-refractivity contribution in [3.05, 3.63) is 28.8 Å². The molecule has 0 fully saturated rings. The number of rotatable bonds is 5. The topological polar surface area (TPSA) is 61.5 Å². The molecule has 96 valence electrons. The molecule has 0 spiro atoms. The zero-order valence-electron chi connectivity index (χ0n) is 9.44. The van der Waals surface area contributed by atoms with Crippen LogP contribution in [0.5, 0.6) is 5.75 Å². The van der Waals surface area contributed by atoms with Gasteiger partial charge in [-0.25, -0.2) is 4.79 Å². The Kier molecular flexibility index (Phi) is 7.70. The van der Waals surface area contributed by atoms with Gasteiger partial charge in [0, 0.05) is 5.02 Å². The summed E-state index contributed by atoms with van der Waals surface area (Å²) in [4.78, 5) is 11.4. The number of ether oxygens (including phenoxy) is 2. The van der Waals surface area contributed by atoms with Crippen molar-refractivity contribution in [1.82, 2.24) is 0 Å². The fourth-order valence-electron chi connectivity index (χ4n) is 1.16. The number of hydrogen-bond donors (Lipinski definition) is 1. The largest absolute Gasteiger partial charge is 0.493 e. The smallest absolute Gasteiger partial charge is 0.341 e. The lowest BCUT2D eigenvalue weighted by atomic mass is 10.2. The minimum atomic E-state index is -0.467. The highest BCUT2D eigenvalue weighted by atomic mass is 35.5. The average molecular weight is 280 g/mol. The van der Waals surface area contributed by atoms with Gasteiger partial charge in [-0.15, -0.1) is 12.4 Å². The predicted molar refractivity (Wildman–Crippen MR) is 69.2 cm³/mol. The third-order valence-corrected chi connectivity index (χ3v) is 2.19. The third-order valence-electron chi connectivity index (χ3n) is 1.95. The molecule has 0 bridgehead atoms. The first kappa shape index (κ1) is 16.0. The Morgan fingerprint density at radius 3 is 2.76 bits per heavy atom. The lowest BCUT2D eigenvalue weighted by molar-refractivity contribution is 0.0596. The quantitative estimate of drug-likeness (QED) is 0.664. The summed E-state index contributed by atoms with van der Waals surface area (Å²) in [6.07, 6.45) is 0.725. The van der Waals surface area contributed by atoms with Crippen molar-refractivity contribution >= 4 is 30.0 Å². The van der Waals surface area contributed by atoms with Crippen molar-refractivity contribution in [2.45, 2.75) is 6.42 Å². The van der Waals surface area contributed by atoms with Crippen LogP contribution in [0.3, 0.4) is 0 Å². The van der Waals surface area contributed by atoms with Gasteiger partial charge in [0.05, 0.1) is 13.7 Å². The van der Waals surface area contributed by atoms with Crippen molar-refractivity contribution in [2.24, 2.45) is 5.73 Å². The molecule has 0 atom stereocenters. The molecule has 0 heterocycles. The molecule has 0 saturated heterocycles. The maximum atomic E-state index is 11.4.